The number of aryl methyl sites for hydroxylation is 2. The maximum atomic E-state index is 4.45. The molecule has 2 aromatic rings. The molecule has 0 bridgehead atoms. The van der Waals surface area contributed by atoms with Gasteiger partial charge in [-0.2, -0.15) is 0 Å². The highest BCUT2D eigenvalue weighted by molar-refractivity contribution is 9.10. The summed E-state index contributed by atoms with van der Waals surface area (Å²) in [5.74, 6) is 1.62. The van der Waals surface area contributed by atoms with E-state index in [2.05, 4.69) is 60.1 Å². The molecule has 0 atom stereocenters. The third-order valence-electron chi connectivity index (χ3n) is 2.52. The van der Waals surface area contributed by atoms with Crippen LogP contribution in [0, 0.1) is 6.92 Å². The molecule has 0 aliphatic carbocycles. The molecule has 18 heavy (non-hydrogen) atoms. The first kappa shape index (κ1) is 13.5. The van der Waals surface area contributed by atoms with Gasteiger partial charge in [0.25, 0.3) is 0 Å². The largest absolute Gasteiger partial charge is 0.340 e. The Morgan fingerprint density at radius 3 is 2.67 bits per heavy atom. The third-order valence-corrected chi connectivity index (χ3v) is 3.42. The molecule has 0 amide bonds. The molecule has 1 N–H and O–H groups in total. The number of hydrogen-bond acceptors (Lipinski definition) is 3. The highest BCUT2D eigenvalue weighted by Gasteiger charge is 2.04. The summed E-state index contributed by atoms with van der Waals surface area (Å²) in [6.07, 6.45) is 0.811. The Kier molecular flexibility index (Phi) is 4.35. The number of nitrogens with one attached hydrogen (secondary N) is 1. The van der Waals surface area contributed by atoms with Gasteiger partial charge in [0.2, 0.25) is 0 Å². The summed E-state index contributed by atoms with van der Waals surface area (Å²) in [5, 5.41) is 3.32. The van der Waals surface area contributed by atoms with E-state index in [0.29, 0.717) is 0 Å². The number of benzene rings is 1. The zero-order valence-corrected chi connectivity index (χ0v) is 13.3. The van der Waals surface area contributed by atoms with E-state index in [4.69, 9.17) is 0 Å². The van der Waals surface area contributed by atoms with Crippen molar-refractivity contribution >= 4 is 43.4 Å². The maximum absolute atomic E-state index is 4.45. The lowest BCUT2D eigenvalue weighted by molar-refractivity contribution is 0.931. The fourth-order valence-electron chi connectivity index (χ4n) is 1.55. The molecule has 1 aromatic heterocycles. The Morgan fingerprint density at radius 1 is 1.17 bits per heavy atom. The first-order chi connectivity index (χ1) is 8.58. The van der Waals surface area contributed by atoms with Gasteiger partial charge in [-0.05, 0) is 40.5 Å². The Balaban J connectivity index is 2.33. The molecule has 94 valence electrons. The van der Waals surface area contributed by atoms with Crippen LogP contribution >= 0.6 is 31.9 Å². The first-order valence-corrected chi connectivity index (χ1v) is 7.23. The monoisotopic (exact) mass is 369 g/mol. The van der Waals surface area contributed by atoms with Crippen LogP contribution in [0.5, 0.6) is 0 Å². The number of rotatable bonds is 3. The average molecular weight is 371 g/mol. The lowest BCUT2D eigenvalue weighted by Gasteiger charge is -2.10. The molecule has 2 rings (SSSR count). The van der Waals surface area contributed by atoms with Crippen LogP contribution in [-0.2, 0) is 6.42 Å². The van der Waals surface area contributed by atoms with Crippen molar-refractivity contribution in [2.75, 3.05) is 5.32 Å². The van der Waals surface area contributed by atoms with Crippen molar-refractivity contribution in [3.63, 3.8) is 0 Å². The van der Waals surface area contributed by atoms with Crippen LogP contribution in [0.2, 0.25) is 0 Å². The Labute approximate surface area is 123 Å². The van der Waals surface area contributed by atoms with Gasteiger partial charge in [-0.25, -0.2) is 9.97 Å². The zero-order chi connectivity index (χ0) is 13.1. The first-order valence-electron chi connectivity index (χ1n) is 5.65. The third kappa shape index (κ3) is 3.29. The predicted octanol–water partition coefficient (Wildman–Crippen LogP) is 4.62. The van der Waals surface area contributed by atoms with Crippen LogP contribution in [0.3, 0.4) is 0 Å². The summed E-state index contributed by atoms with van der Waals surface area (Å²) in [6.45, 7) is 4.10. The van der Waals surface area contributed by atoms with Crippen LogP contribution in [0.25, 0.3) is 0 Å². The van der Waals surface area contributed by atoms with Crippen LogP contribution in [0.15, 0.2) is 33.3 Å². The van der Waals surface area contributed by atoms with E-state index in [1.807, 2.05) is 25.1 Å². The van der Waals surface area contributed by atoms with Gasteiger partial charge in [-0.15, -0.1) is 0 Å². The molecular formula is C13H13Br2N3. The van der Waals surface area contributed by atoms with Crippen LogP contribution < -0.4 is 5.32 Å². The van der Waals surface area contributed by atoms with Crippen LogP contribution in [0.1, 0.15) is 18.3 Å². The van der Waals surface area contributed by atoms with Crippen LogP contribution in [0.4, 0.5) is 11.5 Å². The van der Waals surface area contributed by atoms with Crippen molar-refractivity contribution in [1.82, 2.24) is 9.97 Å². The molecule has 0 aliphatic heterocycles. The molecule has 3 nitrogen and oxygen atoms in total. The predicted molar refractivity (Wildman–Crippen MR) is 81.3 cm³/mol. The molecule has 0 aliphatic rings. The van der Waals surface area contributed by atoms with E-state index in [0.717, 1.165) is 32.8 Å². The van der Waals surface area contributed by atoms with E-state index in [1.54, 1.807) is 0 Å². The van der Waals surface area contributed by atoms with Gasteiger partial charge in [0.15, 0.2) is 0 Å². The molecular weight excluding hydrogens is 358 g/mol. The van der Waals surface area contributed by atoms with Crippen molar-refractivity contribution < 1.29 is 0 Å². The highest BCUT2D eigenvalue weighted by Crippen LogP contribution is 2.24. The number of halogens is 2. The minimum atomic E-state index is 0.796. The number of hydrogen-bond donors (Lipinski definition) is 1. The molecule has 0 saturated carbocycles. The lowest BCUT2D eigenvalue weighted by Crippen LogP contribution is -2.00. The highest BCUT2D eigenvalue weighted by atomic mass is 79.9. The van der Waals surface area contributed by atoms with Crippen molar-refractivity contribution in [3.05, 3.63) is 44.7 Å². The minimum Gasteiger partial charge on any atom is -0.340 e. The van der Waals surface area contributed by atoms with E-state index >= 15 is 0 Å². The lowest BCUT2D eigenvalue weighted by atomic mass is 10.2. The zero-order valence-electron chi connectivity index (χ0n) is 10.2. The maximum Gasteiger partial charge on any atom is 0.135 e. The second-order valence-corrected chi connectivity index (χ2v) is 5.66. The smallest absolute Gasteiger partial charge is 0.135 e. The summed E-state index contributed by atoms with van der Waals surface area (Å²) < 4.78 is 1.84. The molecule has 0 spiro atoms. The van der Waals surface area contributed by atoms with Gasteiger partial charge in [0.05, 0.1) is 0 Å². The standard InChI is InChI=1S/C13H13Br2N3/c1-3-12-17-11(15)7-13(18-12)16-10-6-9(14)5-4-8(10)2/h4-7H,3H2,1-2H3,(H,16,17,18). The van der Waals surface area contributed by atoms with Crippen molar-refractivity contribution in [2.45, 2.75) is 20.3 Å². The van der Waals surface area contributed by atoms with Crippen molar-refractivity contribution in [2.24, 2.45) is 0 Å². The van der Waals surface area contributed by atoms with Gasteiger partial charge in [0.1, 0.15) is 16.2 Å². The average Bonchev–Trinajstić information content (AvgIpc) is 2.33. The van der Waals surface area contributed by atoms with E-state index in [1.165, 1.54) is 5.56 Å². The summed E-state index contributed by atoms with van der Waals surface area (Å²) >= 11 is 6.87. The molecule has 5 heteroatoms. The van der Waals surface area contributed by atoms with Gasteiger partial charge >= 0.3 is 0 Å². The second-order valence-electron chi connectivity index (χ2n) is 3.93. The minimum absolute atomic E-state index is 0.796. The fourth-order valence-corrected chi connectivity index (χ4v) is 2.34. The Bertz CT molecular complexity index is 570. The second kappa shape index (κ2) is 5.80. The summed E-state index contributed by atoms with van der Waals surface area (Å²) in [5.41, 5.74) is 2.21. The fraction of sp³-hybridized carbons (Fsp3) is 0.231. The quantitative estimate of drug-likeness (QED) is 0.801. The number of aromatic nitrogens is 2. The Morgan fingerprint density at radius 2 is 1.94 bits per heavy atom. The molecule has 0 radical (unpaired) electrons. The van der Waals surface area contributed by atoms with Crippen molar-refractivity contribution in [3.8, 4) is 0 Å². The molecule has 0 unspecified atom stereocenters. The topological polar surface area (TPSA) is 37.8 Å². The van der Waals surface area contributed by atoms with Gasteiger partial charge in [0, 0.05) is 22.6 Å². The normalized spacial score (nSPS) is 10.4. The molecule has 1 aromatic carbocycles. The van der Waals surface area contributed by atoms with E-state index in [-0.39, 0.29) is 0 Å². The van der Waals surface area contributed by atoms with Gasteiger partial charge in [-0.3, -0.25) is 0 Å². The SMILES string of the molecule is CCc1nc(Br)cc(Nc2cc(Br)ccc2C)n1. The Hall–Kier alpha value is -0.940. The molecule has 0 fully saturated rings. The van der Waals surface area contributed by atoms with E-state index < -0.39 is 0 Å². The summed E-state index contributed by atoms with van der Waals surface area (Å²) in [7, 11) is 0. The van der Waals surface area contributed by atoms with E-state index in [9.17, 15) is 0 Å². The van der Waals surface area contributed by atoms with Crippen molar-refractivity contribution in [1.29, 1.82) is 0 Å². The van der Waals surface area contributed by atoms with Gasteiger partial charge in [-0.1, -0.05) is 28.9 Å². The van der Waals surface area contributed by atoms with Gasteiger partial charge < -0.3 is 5.32 Å². The summed E-state index contributed by atoms with van der Waals surface area (Å²) in [4.78, 5) is 8.74. The summed E-state index contributed by atoms with van der Waals surface area (Å²) in [6, 6.07) is 7.99. The number of nitrogens with zero attached hydrogens (tertiary/aromatic N) is 2. The number of anilines is 2. The van der Waals surface area contributed by atoms with Crippen LogP contribution in [-0.4, -0.2) is 9.97 Å². The molecule has 1 heterocycles. The molecule has 0 saturated heterocycles.